The standard InChI is InChI=1S/C15H18N4O3/c16-9-12-1-2-17-10-13(12)19-5-8-22-14(11-19)15(20)18-3-6-21-7-4-18/h1-2,10,14H,3-8,11H2. The van der Waals surface area contributed by atoms with Crippen LogP contribution in [0.1, 0.15) is 5.56 Å². The van der Waals surface area contributed by atoms with Crippen LogP contribution in [0.3, 0.4) is 0 Å². The van der Waals surface area contributed by atoms with Crippen LogP contribution in [0, 0.1) is 11.3 Å². The Labute approximate surface area is 129 Å². The summed E-state index contributed by atoms with van der Waals surface area (Å²) >= 11 is 0. The molecule has 0 radical (unpaired) electrons. The summed E-state index contributed by atoms with van der Waals surface area (Å²) in [7, 11) is 0. The summed E-state index contributed by atoms with van der Waals surface area (Å²) in [5.74, 6) is -0.00426. The van der Waals surface area contributed by atoms with Gasteiger partial charge in [-0.15, -0.1) is 0 Å². The number of pyridine rings is 1. The molecule has 2 aliphatic rings. The average molecular weight is 302 g/mol. The van der Waals surface area contributed by atoms with E-state index in [9.17, 15) is 10.1 Å². The quantitative estimate of drug-likeness (QED) is 0.766. The van der Waals surface area contributed by atoms with Crippen molar-refractivity contribution in [2.45, 2.75) is 6.10 Å². The maximum atomic E-state index is 12.5. The number of anilines is 1. The zero-order chi connectivity index (χ0) is 15.4. The van der Waals surface area contributed by atoms with Crippen molar-refractivity contribution in [1.29, 1.82) is 5.26 Å². The van der Waals surface area contributed by atoms with Gasteiger partial charge in [-0.25, -0.2) is 0 Å². The molecule has 3 rings (SSSR count). The van der Waals surface area contributed by atoms with Gasteiger partial charge in [0.1, 0.15) is 6.07 Å². The van der Waals surface area contributed by atoms with Crippen LogP contribution in [0.15, 0.2) is 18.5 Å². The summed E-state index contributed by atoms with van der Waals surface area (Å²) in [4.78, 5) is 20.4. The summed E-state index contributed by atoms with van der Waals surface area (Å²) in [5, 5.41) is 9.20. The van der Waals surface area contributed by atoms with E-state index in [4.69, 9.17) is 9.47 Å². The highest BCUT2D eigenvalue weighted by Crippen LogP contribution is 2.21. The van der Waals surface area contributed by atoms with Gasteiger partial charge in [-0.05, 0) is 6.07 Å². The fourth-order valence-electron chi connectivity index (χ4n) is 2.74. The highest BCUT2D eigenvalue weighted by atomic mass is 16.5. The molecule has 116 valence electrons. The van der Waals surface area contributed by atoms with E-state index in [1.54, 1.807) is 23.4 Å². The van der Waals surface area contributed by atoms with Gasteiger partial charge in [0, 0.05) is 25.8 Å². The third-order valence-corrected chi connectivity index (χ3v) is 3.93. The molecule has 1 aromatic heterocycles. The van der Waals surface area contributed by atoms with Crippen LogP contribution in [-0.4, -0.2) is 67.9 Å². The molecular formula is C15H18N4O3. The number of nitriles is 1. The van der Waals surface area contributed by atoms with E-state index in [0.717, 1.165) is 5.69 Å². The van der Waals surface area contributed by atoms with Crippen LogP contribution < -0.4 is 4.90 Å². The highest BCUT2D eigenvalue weighted by molar-refractivity contribution is 5.82. The number of carbonyl (C=O) groups excluding carboxylic acids is 1. The SMILES string of the molecule is N#Cc1ccncc1N1CCOC(C(=O)N2CCOCC2)C1. The minimum absolute atomic E-state index is 0.00426. The molecule has 22 heavy (non-hydrogen) atoms. The fourth-order valence-corrected chi connectivity index (χ4v) is 2.74. The molecule has 1 amide bonds. The van der Waals surface area contributed by atoms with E-state index in [1.807, 2.05) is 4.90 Å². The first-order chi connectivity index (χ1) is 10.8. The van der Waals surface area contributed by atoms with E-state index < -0.39 is 6.10 Å². The molecule has 2 fully saturated rings. The van der Waals surface area contributed by atoms with Crippen molar-refractivity contribution in [3.63, 3.8) is 0 Å². The number of hydrogen-bond donors (Lipinski definition) is 0. The minimum atomic E-state index is -0.501. The molecule has 1 unspecified atom stereocenters. The van der Waals surface area contributed by atoms with Crippen molar-refractivity contribution >= 4 is 11.6 Å². The van der Waals surface area contributed by atoms with Gasteiger partial charge in [0.2, 0.25) is 0 Å². The Morgan fingerprint density at radius 2 is 2.14 bits per heavy atom. The first-order valence-electron chi connectivity index (χ1n) is 7.37. The van der Waals surface area contributed by atoms with Gasteiger partial charge in [0.15, 0.2) is 6.10 Å². The number of rotatable bonds is 2. The largest absolute Gasteiger partial charge is 0.378 e. The Bertz CT molecular complexity index is 580. The Hall–Kier alpha value is -2.17. The summed E-state index contributed by atoms with van der Waals surface area (Å²) in [6.45, 7) is 3.90. The number of amides is 1. The average Bonchev–Trinajstić information content (AvgIpc) is 2.62. The van der Waals surface area contributed by atoms with Gasteiger partial charge in [0.05, 0.1) is 43.8 Å². The summed E-state index contributed by atoms with van der Waals surface area (Å²) < 4.78 is 10.9. The Balaban J connectivity index is 1.71. The number of carbonyl (C=O) groups is 1. The molecule has 0 aliphatic carbocycles. The van der Waals surface area contributed by atoms with Crippen molar-refractivity contribution in [2.24, 2.45) is 0 Å². The smallest absolute Gasteiger partial charge is 0.253 e. The maximum absolute atomic E-state index is 12.5. The monoisotopic (exact) mass is 302 g/mol. The number of morpholine rings is 2. The zero-order valence-corrected chi connectivity index (χ0v) is 12.3. The summed E-state index contributed by atoms with van der Waals surface area (Å²) in [6, 6.07) is 3.85. The van der Waals surface area contributed by atoms with Crippen molar-refractivity contribution in [3.05, 3.63) is 24.0 Å². The second-order valence-corrected chi connectivity index (χ2v) is 5.25. The van der Waals surface area contributed by atoms with Crippen LogP contribution in [0.25, 0.3) is 0 Å². The normalized spacial score (nSPS) is 22.2. The molecule has 2 aliphatic heterocycles. The van der Waals surface area contributed by atoms with E-state index in [1.165, 1.54) is 0 Å². The van der Waals surface area contributed by atoms with Crippen LogP contribution >= 0.6 is 0 Å². The predicted octanol–water partition coefficient (Wildman–Crippen LogP) is 0.0173. The number of nitrogens with zero attached hydrogens (tertiary/aromatic N) is 4. The molecule has 7 heteroatoms. The molecule has 0 spiro atoms. The Morgan fingerprint density at radius 1 is 1.32 bits per heavy atom. The molecule has 7 nitrogen and oxygen atoms in total. The lowest BCUT2D eigenvalue weighted by molar-refractivity contribution is -0.148. The molecule has 1 aromatic rings. The van der Waals surface area contributed by atoms with Gasteiger partial charge in [-0.1, -0.05) is 0 Å². The molecular weight excluding hydrogens is 284 g/mol. The molecule has 0 bridgehead atoms. The fraction of sp³-hybridized carbons (Fsp3) is 0.533. The van der Waals surface area contributed by atoms with Crippen LogP contribution in [-0.2, 0) is 14.3 Å². The lowest BCUT2D eigenvalue weighted by atomic mass is 10.1. The van der Waals surface area contributed by atoms with Gasteiger partial charge in [0.25, 0.3) is 5.91 Å². The second kappa shape index (κ2) is 6.73. The van der Waals surface area contributed by atoms with Gasteiger partial charge in [-0.2, -0.15) is 5.26 Å². The highest BCUT2D eigenvalue weighted by Gasteiger charge is 2.31. The first-order valence-corrected chi connectivity index (χ1v) is 7.37. The number of aromatic nitrogens is 1. The molecule has 3 heterocycles. The van der Waals surface area contributed by atoms with Gasteiger partial charge < -0.3 is 19.3 Å². The van der Waals surface area contributed by atoms with Gasteiger partial charge >= 0.3 is 0 Å². The molecule has 0 N–H and O–H groups in total. The topological polar surface area (TPSA) is 78.7 Å². The Morgan fingerprint density at radius 3 is 2.91 bits per heavy atom. The van der Waals surface area contributed by atoms with Crippen LogP contribution in [0.4, 0.5) is 5.69 Å². The minimum Gasteiger partial charge on any atom is -0.378 e. The zero-order valence-electron chi connectivity index (χ0n) is 12.3. The second-order valence-electron chi connectivity index (χ2n) is 5.25. The lowest BCUT2D eigenvalue weighted by Gasteiger charge is -2.37. The Kier molecular flexibility index (Phi) is 4.51. The lowest BCUT2D eigenvalue weighted by Crippen LogP contribution is -2.53. The predicted molar refractivity (Wildman–Crippen MR) is 78.3 cm³/mol. The van der Waals surface area contributed by atoms with Crippen molar-refractivity contribution < 1.29 is 14.3 Å². The van der Waals surface area contributed by atoms with E-state index in [0.29, 0.717) is 51.6 Å². The third-order valence-electron chi connectivity index (χ3n) is 3.93. The van der Waals surface area contributed by atoms with Gasteiger partial charge in [-0.3, -0.25) is 9.78 Å². The van der Waals surface area contributed by atoms with E-state index in [-0.39, 0.29) is 5.91 Å². The van der Waals surface area contributed by atoms with Crippen LogP contribution in [0.5, 0.6) is 0 Å². The van der Waals surface area contributed by atoms with E-state index >= 15 is 0 Å². The van der Waals surface area contributed by atoms with Crippen molar-refractivity contribution in [1.82, 2.24) is 9.88 Å². The third kappa shape index (κ3) is 3.03. The first kappa shape index (κ1) is 14.8. The van der Waals surface area contributed by atoms with Crippen molar-refractivity contribution in [3.8, 4) is 6.07 Å². The summed E-state index contributed by atoms with van der Waals surface area (Å²) in [6.07, 6.45) is 2.76. The molecule has 0 aromatic carbocycles. The maximum Gasteiger partial charge on any atom is 0.253 e. The molecule has 1 atom stereocenters. The number of ether oxygens (including phenoxy) is 2. The molecule has 2 saturated heterocycles. The van der Waals surface area contributed by atoms with Crippen LogP contribution in [0.2, 0.25) is 0 Å². The van der Waals surface area contributed by atoms with E-state index in [2.05, 4.69) is 11.1 Å². The molecule has 0 saturated carbocycles. The van der Waals surface area contributed by atoms with Crippen molar-refractivity contribution in [2.75, 3.05) is 50.9 Å². The summed E-state index contributed by atoms with van der Waals surface area (Å²) in [5.41, 5.74) is 1.32. The number of hydrogen-bond acceptors (Lipinski definition) is 6.